The first-order valence-electron chi connectivity index (χ1n) is 9.77. The second kappa shape index (κ2) is 8.88. The summed E-state index contributed by atoms with van der Waals surface area (Å²) in [5, 5.41) is 5.90. The van der Waals surface area contributed by atoms with Crippen LogP contribution in [0, 0.1) is 27.7 Å². The molecule has 0 atom stereocenters. The van der Waals surface area contributed by atoms with Gasteiger partial charge in [-0.2, -0.15) is 0 Å². The van der Waals surface area contributed by atoms with E-state index in [-0.39, 0.29) is 0 Å². The van der Waals surface area contributed by atoms with Crippen LogP contribution in [-0.4, -0.2) is 0 Å². The predicted octanol–water partition coefficient (Wildman–Crippen LogP) is 4.80. The van der Waals surface area contributed by atoms with Crippen molar-refractivity contribution in [3.63, 3.8) is 0 Å². The molecule has 3 rings (SSSR count). The summed E-state index contributed by atoms with van der Waals surface area (Å²) in [6.07, 6.45) is 0. The molecule has 0 aliphatic heterocycles. The molecule has 0 bridgehead atoms. The van der Waals surface area contributed by atoms with Crippen molar-refractivity contribution in [3.8, 4) is 0 Å². The maximum atomic E-state index is 3.53. The summed E-state index contributed by atoms with van der Waals surface area (Å²) in [4.78, 5) is 0. The van der Waals surface area contributed by atoms with Gasteiger partial charge in [0, 0.05) is 23.4 Å². The monoisotopic (exact) mass is 359 g/mol. The van der Waals surface area contributed by atoms with Crippen LogP contribution in [0.5, 0.6) is 0 Å². The molecule has 0 aliphatic carbocycles. The Bertz CT molecular complexity index is 854. The summed E-state index contributed by atoms with van der Waals surface area (Å²) in [5.41, 5.74) is 10.6. The van der Waals surface area contributed by atoms with E-state index in [0.29, 0.717) is 0 Å². The van der Waals surface area contributed by atoms with E-state index >= 15 is 0 Å². The number of benzene rings is 3. The van der Waals surface area contributed by atoms with E-state index in [4.69, 9.17) is 0 Å². The van der Waals surface area contributed by atoms with E-state index in [1.54, 1.807) is 0 Å². The van der Waals surface area contributed by atoms with Gasteiger partial charge in [-0.15, -0.1) is 0 Å². The molecule has 0 radical (unpaired) electrons. The number of hydrogen-bond acceptors (Lipinski definition) is 1. The van der Waals surface area contributed by atoms with Crippen molar-refractivity contribution in [2.24, 2.45) is 0 Å². The van der Waals surface area contributed by atoms with Crippen LogP contribution in [-0.2, 0) is 19.6 Å². The second-order valence-electron chi connectivity index (χ2n) is 7.74. The second-order valence-corrected chi connectivity index (χ2v) is 7.74. The molecule has 0 aromatic heterocycles. The van der Waals surface area contributed by atoms with E-state index in [0.717, 1.165) is 19.6 Å². The van der Waals surface area contributed by atoms with Crippen LogP contribution in [0.25, 0.3) is 0 Å². The Kier molecular flexibility index (Phi) is 6.31. The highest BCUT2D eigenvalue weighted by Crippen LogP contribution is 2.15. The largest absolute Gasteiger partial charge is 0.381 e. The molecule has 0 saturated heterocycles. The number of quaternary nitrogens is 1. The highest BCUT2D eigenvalue weighted by molar-refractivity contribution is 5.48. The molecule has 2 heteroatoms. The van der Waals surface area contributed by atoms with Crippen LogP contribution < -0.4 is 10.6 Å². The van der Waals surface area contributed by atoms with Gasteiger partial charge >= 0.3 is 0 Å². The summed E-state index contributed by atoms with van der Waals surface area (Å²) in [5.74, 6) is 0. The molecule has 0 saturated carbocycles. The van der Waals surface area contributed by atoms with Gasteiger partial charge < -0.3 is 10.6 Å². The van der Waals surface area contributed by atoms with Crippen molar-refractivity contribution in [3.05, 3.63) is 99.6 Å². The van der Waals surface area contributed by atoms with Gasteiger partial charge in [0.25, 0.3) is 0 Å². The molecule has 0 heterocycles. The maximum absolute atomic E-state index is 3.53. The lowest BCUT2D eigenvalue weighted by molar-refractivity contribution is -0.686. The zero-order valence-corrected chi connectivity index (χ0v) is 17.0. The standard InChI is InChI=1S/C25H30N2/c1-18-9-19(2)12-24(11-18)16-26-15-22-5-7-23(8-6-22)17-27-25-13-20(3)10-21(4)14-25/h5-14,26-27H,15-17H2,1-4H3/p+1. The van der Waals surface area contributed by atoms with Crippen LogP contribution in [0.1, 0.15) is 38.9 Å². The molecule has 0 unspecified atom stereocenters. The lowest BCUT2D eigenvalue weighted by Gasteiger charge is -2.09. The predicted molar refractivity (Wildman–Crippen MR) is 115 cm³/mol. The van der Waals surface area contributed by atoms with Gasteiger partial charge in [0.1, 0.15) is 13.1 Å². The number of nitrogens with one attached hydrogen (secondary N) is 1. The molecule has 3 aromatic rings. The van der Waals surface area contributed by atoms with Crippen LogP contribution in [0.15, 0.2) is 60.7 Å². The number of rotatable bonds is 7. The van der Waals surface area contributed by atoms with Crippen molar-refractivity contribution in [1.29, 1.82) is 0 Å². The zero-order chi connectivity index (χ0) is 19.2. The Morgan fingerprint density at radius 3 is 1.67 bits per heavy atom. The molecule has 0 spiro atoms. The number of anilines is 1. The minimum Gasteiger partial charge on any atom is -0.381 e. The molecule has 0 fully saturated rings. The van der Waals surface area contributed by atoms with E-state index in [2.05, 4.69) is 99.0 Å². The highest BCUT2D eigenvalue weighted by Gasteiger charge is 2.01. The summed E-state index contributed by atoms with van der Waals surface area (Å²) < 4.78 is 0. The Labute approximate surface area is 163 Å². The lowest BCUT2D eigenvalue weighted by Crippen LogP contribution is -2.80. The zero-order valence-electron chi connectivity index (χ0n) is 17.0. The quantitative estimate of drug-likeness (QED) is 0.623. The minimum absolute atomic E-state index is 0.857. The summed E-state index contributed by atoms with van der Waals surface area (Å²) in [6, 6.07) is 22.4. The van der Waals surface area contributed by atoms with Gasteiger partial charge in [-0.05, 0) is 56.5 Å². The van der Waals surface area contributed by atoms with Gasteiger partial charge in [-0.1, -0.05) is 59.7 Å². The third-order valence-electron chi connectivity index (χ3n) is 4.78. The fourth-order valence-corrected chi connectivity index (χ4v) is 3.67. The van der Waals surface area contributed by atoms with Crippen LogP contribution in [0.3, 0.4) is 0 Å². The third-order valence-corrected chi connectivity index (χ3v) is 4.78. The first-order chi connectivity index (χ1) is 13.0. The van der Waals surface area contributed by atoms with Crippen LogP contribution in [0.2, 0.25) is 0 Å². The van der Waals surface area contributed by atoms with Gasteiger partial charge in [-0.3, -0.25) is 0 Å². The average Bonchev–Trinajstić information content (AvgIpc) is 2.59. The molecule has 3 aromatic carbocycles. The van der Waals surface area contributed by atoms with Gasteiger partial charge in [-0.25, -0.2) is 0 Å². The van der Waals surface area contributed by atoms with Crippen LogP contribution >= 0.6 is 0 Å². The third kappa shape index (κ3) is 5.97. The molecule has 0 amide bonds. The summed E-state index contributed by atoms with van der Waals surface area (Å²) in [7, 11) is 0. The summed E-state index contributed by atoms with van der Waals surface area (Å²) in [6.45, 7) is 11.5. The number of aryl methyl sites for hydroxylation is 4. The Hall–Kier alpha value is -2.58. The van der Waals surface area contributed by atoms with E-state index in [1.807, 2.05) is 0 Å². The number of hydrogen-bond donors (Lipinski definition) is 2. The van der Waals surface area contributed by atoms with Crippen molar-refractivity contribution in [1.82, 2.24) is 0 Å². The van der Waals surface area contributed by atoms with E-state index in [9.17, 15) is 0 Å². The number of nitrogens with two attached hydrogens (primary N) is 1. The average molecular weight is 360 g/mol. The summed E-state index contributed by atoms with van der Waals surface area (Å²) >= 11 is 0. The Morgan fingerprint density at radius 2 is 1.07 bits per heavy atom. The SMILES string of the molecule is Cc1cc(C)cc(C[NH2+]Cc2ccc(CNc3cc(C)cc(C)c3)cc2)c1. The van der Waals surface area contributed by atoms with Crippen molar-refractivity contribution >= 4 is 5.69 Å². The normalized spacial score (nSPS) is 10.8. The Balaban J connectivity index is 1.49. The van der Waals surface area contributed by atoms with Gasteiger partial charge in [0.05, 0.1) is 0 Å². The minimum atomic E-state index is 0.857. The fourth-order valence-electron chi connectivity index (χ4n) is 3.67. The lowest BCUT2D eigenvalue weighted by atomic mass is 10.1. The van der Waals surface area contributed by atoms with Crippen molar-refractivity contribution in [2.45, 2.75) is 47.3 Å². The van der Waals surface area contributed by atoms with Crippen molar-refractivity contribution in [2.75, 3.05) is 5.32 Å². The van der Waals surface area contributed by atoms with Gasteiger partial charge in [0.15, 0.2) is 0 Å². The first kappa shape index (κ1) is 19.2. The first-order valence-corrected chi connectivity index (χ1v) is 9.77. The molecular weight excluding hydrogens is 328 g/mol. The van der Waals surface area contributed by atoms with Crippen LogP contribution in [0.4, 0.5) is 5.69 Å². The Morgan fingerprint density at radius 1 is 0.593 bits per heavy atom. The molecular formula is C25H31N2+. The van der Waals surface area contributed by atoms with Crippen molar-refractivity contribution < 1.29 is 5.32 Å². The molecule has 2 nitrogen and oxygen atoms in total. The molecule has 0 aliphatic rings. The smallest absolute Gasteiger partial charge is 0.102 e. The van der Waals surface area contributed by atoms with E-state index in [1.165, 1.54) is 44.6 Å². The highest BCUT2D eigenvalue weighted by atomic mass is 14.9. The van der Waals surface area contributed by atoms with Gasteiger partial charge in [0.2, 0.25) is 0 Å². The van der Waals surface area contributed by atoms with E-state index < -0.39 is 0 Å². The maximum Gasteiger partial charge on any atom is 0.102 e. The molecule has 3 N–H and O–H groups in total. The topological polar surface area (TPSA) is 28.6 Å². The molecule has 140 valence electrons. The molecule has 27 heavy (non-hydrogen) atoms. The fraction of sp³-hybridized carbons (Fsp3) is 0.280.